The minimum atomic E-state index is 0. The monoisotopic (exact) mass is 336 g/mol. The van der Waals surface area contributed by atoms with E-state index in [0.717, 1.165) is 5.75 Å². The molecule has 0 unspecified atom stereocenters. The molecular weight excluding hydrogens is 315 g/mol. The van der Waals surface area contributed by atoms with Crippen molar-refractivity contribution in [1.29, 1.82) is 0 Å². The summed E-state index contributed by atoms with van der Waals surface area (Å²) in [6, 6.07) is 7.14. The lowest BCUT2D eigenvalue weighted by Gasteiger charge is -2.17. The zero-order valence-electron chi connectivity index (χ0n) is 12.3. The molecule has 0 saturated heterocycles. The second kappa shape index (κ2) is 11.6. The minimum absolute atomic E-state index is 0. The highest BCUT2D eigenvalue weighted by atomic mass is 35.5. The van der Waals surface area contributed by atoms with Crippen molar-refractivity contribution in [3.05, 3.63) is 29.3 Å². The van der Waals surface area contributed by atoms with Crippen molar-refractivity contribution in [2.75, 3.05) is 47.0 Å². The van der Waals surface area contributed by atoms with Gasteiger partial charge in [-0.3, -0.25) is 4.79 Å². The minimum Gasteiger partial charge on any atom is -0.492 e. The van der Waals surface area contributed by atoms with Gasteiger partial charge in [-0.25, -0.2) is 0 Å². The van der Waals surface area contributed by atoms with Gasteiger partial charge >= 0.3 is 0 Å². The van der Waals surface area contributed by atoms with Crippen molar-refractivity contribution in [2.45, 2.75) is 0 Å². The maximum atomic E-state index is 11.7. The zero-order valence-corrected chi connectivity index (χ0v) is 13.9. The van der Waals surface area contributed by atoms with Gasteiger partial charge in [0.05, 0.1) is 19.7 Å². The van der Waals surface area contributed by atoms with Crippen molar-refractivity contribution in [3.8, 4) is 5.75 Å². The number of hydrogen-bond donors (Lipinski definition) is 1. The summed E-state index contributed by atoms with van der Waals surface area (Å²) in [4.78, 5) is 13.4. The molecule has 1 N–H and O–H groups in total. The fraction of sp³-hybridized carbons (Fsp3) is 0.500. The highest BCUT2D eigenvalue weighted by molar-refractivity contribution is 6.30. The Kier molecular flexibility index (Phi) is 11.1. The molecule has 0 radical (unpaired) electrons. The number of methoxy groups -OCH3 is 1. The maximum absolute atomic E-state index is 11.7. The van der Waals surface area contributed by atoms with E-state index in [9.17, 15) is 4.79 Å². The third-order valence-corrected chi connectivity index (χ3v) is 2.95. The van der Waals surface area contributed by atoms with E-state index in [1.807, 2.05) is 0 Å². The maximum Gasteiger partial charge on any atom is 0.236 e. The molecule has 0 heterocycles. The first-order valence-electron chi connectivity index (χ1n) is 6.45. The van der Waals surface area contributed by atoms with Crippen LogP contribution in [-0.2, 0) is 9.53 Å². The van der Waals surface area contributed by atoms with Crippen LogP contribution in [0.1, 0.15) is 0 Å². The van der Waals surface area contributed by atoms with Crippen LogP contribution in [0.15, 0.2) is 24.3 Å². The van der Waals surface area contributed by atoms with E-state index in [-0.39, 0.29) is 18.3 Å². The quantitative estimate of drug-likeness (QED) is 0.699. The van der Waals surface area contributed by atoms with Gasteiger partial charge in [0.15, 0.2) is 0 Å². The van der Waals surface area contributed by atoms with Crippen LogP contribution in [0, 0.1) is 0 Å². The van der Waals surface area contributed by atoms with Gasteiger partial charge in [-0.15, -0.1) is 12.4 Å². The summed E-state index contributed by atoms with van der Waals surface area (Å²) in [7, 11) is 3.38. The van der Waals surface area contributed by atoms with E-state index in [0.29, 0.717) is 37.9 Å². The summed E-state index contributed by atoms with van der Waals surface area (Å²) < 4.78 is 10.4. The summed E-state index contributed by atoms with van der Waals surface area (Å²) in [5, 5.41) is 3.68. The van der Waals surface area contributed by atoms with Crippen LogP contribution in [0.25, 0.3) is 0 Å². The second-order valence-electron chi connectivity index (χ2n) is 4.29. The lowest BCUT2D eigenvalue weighted by molar-refractivity contribution is -0.129. The Morgan fingerprint density at radius 3 is 2.57 bits per heavy atom. The van der Waals surface area contributed by atoms with Gasteiger partial charge in [0.25, 0.3) is 0 Å². The van der Waals surface area contributed by atoms with Crippen LogP contribution in [0.2, 0.25) is 5.02 Å². The molecule has 7 heteroatoms. The van der Waals surface area contributed by atoms with E-state index < -0.39 is 0 Å². The first kappa shape index (κ1) is 20.0. The average molecular weight is 337 g/mol. The Morgan fingerprint density at radius 1 is 1.29 bits per heavy atom. The molecule has 1 amide bonds. The number of halogens is 2. The highest BCUT2D eigenvalue weighted by Crippen LogP contribution is 2.15. The SMILES string of the molecule is COCCNCC(=O)N(C)CCOc1ccc(Cl)cc1.Cl. The molecule has 0 fully saturated rings. The molecule has 1 rings (SSSR count). The van der Waals surface area contributed by atoms with Gasteiger partial charge in [-0.1, -0.05) is 11.6 Å². The standard InChI is InChI=1S/C14H21ClN2O3.ClH/c1-17(14(18)11-16-7-9-19-2)8-10-20-13-5-3-12(15)4-6-13;/h3-6,16H,7-11H2,1-2H3;1H. The number of ether oxygens (including phenoxy) is 2. The normalized spacial score (nSPS) is 9.86. The molecule has 0 aliphatic carbocycles. The second-order valence-corrected chi connectivity index (χ2v) is 4.72. The van der Waals surface area contributed by atoms with Crippen molar-refractivity contribution >= 4 is 29.9 Å². The molecule has 0 aliphatic heterocycles. The zero-order chi connectivity index (χ0) is 14.8. The number of amides is 1. The first-order valence-corrected chi connectivity index (χ1v) is 6.83. The summed E-state index contributed by atoms with van der Waals surface area (Å²) >= 11 is 5.78. The van der Waals surface area contributed by atoms with Crippen LogP contribution in [-0.4, -0.2) is 57.8 Å². The molecule has 0 bridgehead atoms. The molecule has 21 heavy (non-hydrogen) atoms. The van der Waals surface area contributed by atoms with E-state index in [2.05, 4.69) is 5.32 Å². The summed E-state index contributed by atoms with van der Waals surface area (Å²) in [6.45, 7) is 2.55. The Morgan fingerprint density at radius 2 is 1.95 bits per heavy atom. The fourth-order valence-corrected chi connectivity index (χ4v) is 1.59. The van der Waals surface area contributed by atoms with Crippen LogP contribution in [0.4, 0.5) is 0 Å². The number of carbonyl (C=O) groups is 1. The third-order valence-electron chi connectivity index (χ3n) is 2.69. The molecule has 0 aromatic heterocycles. The van der Waals surface area contributed by atoms with E-state index in [1.54, 1.807) is 43.3 Å². The van der Waals surface area contributed by atoms with Crippen molar-refractivity contribution in [2.24, 2.45) is 0 Å². The molecule has 120 valence electrons. The Balaban J connectivity index is 0.00000400. The first-order chi connectivity index (χ1) is 9.63. The smallest absolute Gasteiger partial charge is 0.236 e. The van der Waals surface area contributed by atoms with Gasteiger partial charge in [-0.2, -0.15) is 0 Å². The van der Waals surface area contributed by atoms with Gasteiger partial charge in [0.2, 0.25) is 5.91 Å². The Bertz CT molecular complexity index is 402. The molecule has 0 aliphatic rings. The van der Waals surface area contributed by atoms with E-state index in [1.165, 1.54) is 0 Å². The molecule has 1 aromatic rings. The van der Waals surface area contributed by atoms with Gasteiger partial charge < -0.3 is 19.7 Å². The van der Waals surface area contributed by atoms with Crippen LogP contribution in [0.3, 0.4) is 0 Å². The molecule has 0 atom stereocenters. The molecule has 5 nitrogen and oxygen atoms in total. The largest absolute Gasteiger partial charge is 0.492 e. The predicted molar refractivity (Wildman–Crippen MR) is 86.6 cm³/mol. The lowest BCUT2D eigenvalue weighted by Crippen LogP contribution is -2.38. The summed E-state index contributed by atoms with van der Waals surface area (Å²) in [5.41, 5.74) is 0. The number of carbonyl (C=O) groups excluding carboxylic acids is 1. The van der Waals surface area contributed by atoms with Crippen LogP contribution in [0.5, 0.6) is 5.75 Å². The predicted octanol–water partition coefficient (Wildman–Crippen LogP) is 1.83. The fourth-order valence-electron chi connectivity index (χ4n) is 1.46. The number of benzene rings is 1. The van der Waals surface area contributed by atoms with Gasteiger partial charge in [0.1, 0.15) is 12.4 Å². The Labute approximate surface area is 137 Å². The molecular formula is C14H22Cl2N2O3. The van der Waals surface area contributed by atoms with E-state index in [4.69, 9.17) is 21.1 Å². The Hall–Kier alpha value is -1.01. The van der Waals surface area contributed by atoms with Crippen molar-refractivity contribution < 1.29 is 14.3 Å². The number of rotatable bonds is 9. The molecule has 0 saturated carbocycles. The van der Waals surface area contributed by atoms with E-state index >= 15 is 0 Å². The number of nitrogens with one attached hydrogen (secondary N) is 1. The summed E-state index contributed by atoms with van der Waals surface area (Å²) in [5.74, 6) is 0.772. The van der Waals surface area contributed by atoms with Crippen LogP contribution < -0.4 is 10.1 Å². The van der Waals surface area contributed by atoms with Gasteiger partial charge in [0, 0.05) is 25.7 Å². The van der Waals surface area contributed by atoms with Crippen LogP contribution >= 0.6 is 24.0 Å². The number of nitrogens with zero attached hydrogens (tertiary/aromatic N) is 1. The number of hydrogen-bond acceptors (Lipinski definition) is 4. The third kappa shape index (κ3) is 8.78. The average Bonchev–Trinajstić information content (AvgIpc) is 2.45. The van der Waals surface area contributed by atoms with Crippen molar-refractivity contribution in [3.63, 3.8) is 0 Å². The number of likely N-dealkylation sites (N-methyl/N-ethyl adjacent to an activating group) is 1. The molecule has 1 aromatic carbocycles. The van der Waals surface area contributed by atoms with Gasteiger partial charge in [-0.05, 0) is 24.3 Å². The lowest BCUT2D eigenvalue weighted by atomic mass is 10.3. The summed E-state index contributed by atoms with van der Waals surface area (Å²) in [6.07, 6.45) is 0. The van der Waals surface area contributed by atoms with Crippen molar-refractivity contribution in [1.82, 2.24) is 10.2 Å². The highest BCUT2D eigenvalue weighted by Gasteiger charge is 2.07. The topological polar surface area (TPSA) is 50.8 Å². The molecule has 0 spiro atoms.